The molecule has 0 radical (unpaired) electrons. The van der Waals surface area contributed by atoms with Crippen molar-refractivity contribution in [2.75, 3.05) is 6.54 Å². The number of carbonyl (C=O) groups is 1. The number of aromatic nitrogens is 2. The highest BCUT2D eigenvalue weighted by Crippen LogP contribution is 2.09. The molecule has 0 unspecified atom stereocenters. The molecule has 3 N–H and O–H groups in total. The summed E-state index contributed by atoms with van der Waals surface area (Å²) >= 11 is 0. The molecule has 0 fully saturated rings. The fourth-order valence-electron chi connectivity index (χ4n) is 1.54. The maximum atomic E-state index is 11.7. The van der Waals surface area contributed by atoms with Crippen molar-refractivity contribution in [2.45, 2.75) is 6.42 Å². The Morgan fingerprint density at radius 2 is 2.05 bits per heavy atom. The summed E-state index contributed by atoms with van der Waals surface area (Å²) in [5.41, 5.74) is 0.832. The van der Waals surface area contributed by atoms with Gasteiger partial charge in [0.05, 0.1) is 6.20 Å². The predicted molar refractivity (Wildman–Crippen MR) is 69.0 cm³/mol. The number of phenolic OH excluding ortho intramolecular Hbond substituents is 1. The second-order valence-corrected chi connectivity index (χ2v) is 3.97. The van der Waals surface area contributed by atoms with Crippen LogP contribution in [0.5, 0.6) is 5.75 Å². The van der Waals surface area contributed by atoms with E-state index in [1.165, 1.54) is 6.20 Å². The first kappa shape index (κ1) is 12.8. The molecule has 6 nitrogen and oxygen atoms in total. The molecule has 0 aliphatic rings. The van der Waals surface area contributed by atoms with Gasteiger partial charge in [0, 0.05) is 12.7 Å². The molecule has 0 saturated heterocycles. The molecule has 2 rings (SSSR count). The lowest BCUT2D eigenvalue weighted by atomic mass is 10.1. The number of H-pyrrole nitrogens is 1. The number of aromatic amines is 1. The van der Waals surface area contributed by atoms with Crippen LogP contribution in [-0.2, 0) is 6.42 Å². The van der Waals surface area contributed by atoms with Crippen molar-refractivity contribution in [3.8, 4) is 5.75 Å². The average molecular weight is 259 g/mol. The number of amides is 1. The van der Waals surface area contributed by atoms with Gasteiger partial charge < -0.3 is 15.4 Å². The van der Waals surface area contributed by atoms with E-state index < -0.39 is 0 Å². The number of hydrogen-bond acceptors (Lipinski definition) is 4. The molecule has 0 saturated carbocycles. The van der Waals surface area contributed by atoms with Gasteiger partial charge in [-0.2, -0.15) is 0 Å². The van der Waals surface area contributed by atoms with E-state index in [2.05, 4.69) is 15.3 Å². The Balaban J connectivity index is 1.85. The first-order valence-electron chi connectivity index (χ1n) is 5.76. The van der Waals surface area contributed by atoms with Crippen LogP contribution < -0.4 is 10.9 Å². The molecular weight excluding hydrogens is 246 g/mol. The van der Waals surface area contributed by atoms with Gasteiger partial charge in [-0.3, -0.25) is 9.59 Å². The standard InChI is InChI=1S/C13H13N3O3/c17-10-3-1-9(2-4-10)5-6-14-13(19)11-7-16-12(18)8-15-11/h1-4,7-8,17H,5-6H2,(H,14,19)(H,16,18). The number of hydrogen-bond donors (Lipinski definition) is 3. The number of rotatable bonds is 4. The average Bonchev–Trinajstić information content (AvgIpc) is 2.41. The number of nitrogens with one attached hydrogen (secondary N) is 2. The van der Waals surface area contributed by atoms with Crippen LogP contribution in [0.4, 0.5) is 0 Å². The lowest BCUT2D eigenvalue weighted by Crippen LogP contribution is -2.27. The zero-order valence-electron chi connectivity index (χ0n) is 10.1. The molecule has 2 aromatic rings. The molecule has 6 heteroatoms. The van der Waals surface area contributed by atoms with Crippen molar-refractivity contribution in [3.05, 3.63) is 58.3 Å². The van der Waals surface area contributed by atoms with Crippen molar-refractivity contribution < 1.29 is 9.90 Å². The van der Waals surface area contributed by atoms with Crippen molar-refractivity contribution >= 4 is 5.91 Å². The number of carbonyl (C=O) groups excluding carboxylic acids is 1. The molecule has 0 aliphatic heterocycles. The molecule has 98 valence electrons. The Hall–Kier alpha value is -2.63. The van der Waals surface area contributed by atoms with Gasteiger partial charge in [-0.05, 0) is 24.1 Å². The molecular formula is C13H13N3O3. The summed E-state index contributed by atoms with van der Waals surface area (Å²) < 4.78 is 0. The van der Waals surface area contributed by atoms with Crippen molar-refractivity contribution in [1.29, 1.82) is 0 Å². The molecule has 19 heavy (non-hydrogen) atoms. The minimum atomic E-state index is -0.347. The summed E-state index contributed by atoms with van der Waals surface area (Å²) in [5, 5.41) is 11.8. The highest BCUT2D eigenvalue weighted by atomic mass is 16.3. The van der Waals surface area contributed by atoms with Crippen LogP contribution in [-0.4, -0.2) is 27.5 Å². The molecule has 0 atom stereocenters. The topological polar surface area (TPSA) is 95.1 Å². The van der Waals surface area contributed by atoms with E-state index in [9.17, 15) is 9.59 Å². The van der Waals surface area contributed by atoms with Crippen LogP contribution >= 0.6 is 0 Å². The normalized spacial score (nSPS) is 10.1. The van der Waals surface area contributed by atoms with E-state index in [4.69, 9.17) is 5.11 Å². The molecule has 1 amide bonds. The highest BCUT2D eigenvalue weighted by molar-refractivity contribution is 5.91. The predicted octanol–water partition coefficient (Wildman–Crippen LogP) is 0.448. The molecule has 1 heterocycles. The van der Waals surface area contributed by atoms with Gasteiger partial charge in [0.1, 0.15) is 11.4 Å². The number of phenols is 1. The molecule has 0 bridgehead atoms. The summed E-state index contributed by atoms with van der Waals surface area (Å²) in [6.07, 6.45) is 2.99. The van der Waals surface area contributed by atoms with Crippen LogP contribution in [0.1, 0.15) is 16.1 Å². The van der Waals surface area contributed by atoms with Crippen molar-refractivity contribution in [1.82, 2.24) is 15.3 Å². The van der Waals surface area contributed by atoms with Crippen LogP contribution in [0.25, 0.3) is 0 Å². The second-order valence-electron chi connectivity index (χ2n) is 3.97. The van der Waals surface area contributed by atoms with Gasteiger partial charge >= 0.3 is 0 Å². The summed E-state index contributed by atoms with van der Waals surface area (Å²) in [7, 11) is 0. The lowest BCUT2D eigenvalue weighted by molar-refractivity contribution is 0.0948. The molecule has 0 aliphatic carbocycles. The molecule has 0 spiro atoms. The lowest BCUT2D eigenvalue weighted by Gasteiger charge is -2.04. The van der Waals surface area contributed by atoms with Crippen LogP contribution in [0.15, 0.2) is 41.5 Å². The Labute approximate surface area is 109 Å². The van der Waals surface area contributed by atoms with E-state index in [1.54, 1.807) is 24.3 Å². The first-order valence-corrected chi connectivity index (χ1v) is 5.76. The Morgan fingerprint density at radius 1 is 1.32 bits per heavy atom. The van der Waals surface area contributed by atoms with E-state index in [0.29, 0.717) is 13.0 Å². The highest BCUT2D eigenvalue weighted by Gasteiger charge is 2.06. The fraction of sp³-hybridized carbons (Fsp3) is 0.154. The number of aromatic hydroxyl groups is 1. The van der Waals surface area contributed by atoms with E-state index in [1.807, 2.05) is 0 Å². The summed E-state index contributed by atoms with van der Waals surface area (Å²) in [4.78, 5) is 28.6. The van der Waals surface area contributed by atoms with Crippen molar-refractivity contribution in [2.24, 2.45) is 0 Å². The van der Waals surface area contributed by atoms with Crippen LogP contribution in [0.3, 0.4) is 0 Å². The third-order valence-electron chi connectivity index (χ3n) is 2.54. The minimum Gasteiger partial charge on any atom is -0.508 e. The third kappa shape index (κ3) is 3.67. The molecule has 1 aromatic heterocycles. The smallest absolute Gasteiger partial charge is 0.271 e. The summed E-state index contributed by atoms with van der Waals surface area (Å²) in [6, 6.07) is 6.78. The monoisotopic (exact) mass is 259 g/mol. The zero-order valence-corrected chi connectivity index (χ0v) is 10.1. The zero-order chi connectivity index (χ0) is 13.7. The van der Waals surface area contributed by atoms with Gasteiger partial charge in [0.15, 0.2) is 0 Å². The number of nitrogens with zero attached hydrogens (tertiary/aromatic N) is 1. The first-order chi connectivity index (χ1) is 9.15. The largest absolute Gasteiger partial charge is 0.508 e. The maximum Gasteiger partial charge on any atom is 0.271 e. The number of benzene rings is 1. The van der Waals surface area contributed by atoms with Gasteiger partial charge in [0.25, 0.3) is 11.5 Å². The van der Waals surface area contributed by atoms with Crippen LogP contribution in [0.2, 0.25) is 0 Å². The summed E-state index contributed by atoms with van der Waals surface area (Å²) in [6.45, 7) is 0.449. The van der Waals surface area contributed by atoms with Gasteiger partial charge in [-0.1, -0.05) is 12.1 Å². The molecule has 1 aromatic carbocycles. The van der Waals surface area contributed by atoms with Crippen molar-refractivity contribution in [3.63, 3.8) is 0 Å². The Morgan fingerprint density at radius 3 is 2.68 bits per heavy atom. The van der Waals surface area contributed by atoms with Gasteiger partial charge in [0.2, 0.25) is 0 Å². The fourth-order valence-corrected chi connectivity index (χ4v) is 1.54. The maximum absolute atomic E-state index is 11.7. The Kier molecular flexibility index (Phi) is 3.92. The van der Waals surface area contributed by atoms with Gasteiger partial charge in [-0.25, -0.2) is 4.98 Å². The van der Waals surface area contributed by atoms with E-state index >= 15 is 0 Å². The quantitative estimate of drug-likeness (QED) is 0.742. The third-order valence-corrected chi connectivity index (χ3v) is 2.54. The van der Waals surface area contributed by atoms with Crippen LogP contribution in [0, 0.1) is 0 Å². The second kappa shape index (κ2) is 5.81. The summed E-state index contributed by atoms with van der Waals surface area (Å²) in [5.74, 6) is -0.125. The van der Waals surface area contributed by atoms with E-state index in [-0.39, 0.29) is 22.9 Å². The Bertz CT molecular complexity index is 599. The minimum absolute atomic E-state index is 0.172. The van der Waals surface area contributed by atoms with E-state index in [0.717, 1.165) is 11.8 Å². The SMILES string of the molecule is O=C(NCCc1ccc(O)cc1)c1c[nH]c(=O)cn1. The van der Waals surface area contributed by atoms with Gasteiger partial charge in [-0.15, -0.1) is 0 Å².